The second kappa shape index (κ2) is 6.91. The van der Waals surface area contributed by atoms with Crippen molar-refractivity contribution in [2.75, 3.05) is 6.61 Å². The lowest BCUT2D eigenvalue weighted by Gasteiger charge is -2.10. The molecule has 0 fully saturated rings. The van der Waals surface area contributed by atoms with Crippen molar-refractivity contribution in [1.82, 2.24) is 9.78 Å². The summed E-state index contributed by atoms with van der Waals surface area (Å²) in [7, 11) is 0. The number of halogens is 5. The highest BCUT2D eigenvalue weighted by Crippen LogP contribution is 2.29. The van der Waals surface area contributed by atoms with Crippen LogP contribution in [-0.2, 0) is 13.0 Å². The minimum Gasteiger partial charge on any atom is -0.406 e. The van der Waals surface area contributed by atoms with Gasteiger partial charge in [-0.15, -0.1) is 13.2 Å². The summed E-state index contributed by atoms with van der Waals surface area (Å²) in [5.41, 5.74) is 0.844. The minimum atomic E-state index is -4.85. The van der Waals surface area contributed by atoms with Gasteiger partial charge in [0.2, 0.25) is 0 Å². The first-order chi connectivity index (χ1) is 12.3. The van der Waals surface area contributed by atoms with E-state index in [1.54, 1.807) is 0 Å². The van der Waals surface area contributed by atoms with Crippen LogP contribution in [0.3, 0.4) is 0 Å². The molecule has 0 aliphatic carbocycles. The fourth-order valence-electron chi connectivity index (χ4n) is 2.64. The Morgan fingerprint density at radius 3 is 2.50 bits per heavy atom. The molecule has 0 amide bonds. The van der Waals surface area contributed by atoms with Crippen LogP contribution in [0.25, 0.3) is 10.9 Å². The third kappa shape index (κ3) is 3.93. The molecule has 0 aliphatic heterocycles. The van der Waals surface area contributed by atoms with Gasteiger partial charge in [0.15, 0.2) is 0 Å². The predicted octanol–water partition coefficient (Wildman–Crippen LogP) is 3.80. The van der Waals surface area contributed by atoms with Crippen LogP contribution in [0.5, 0.6) is 5.75 Å². The number of aliphatic hydroxyl groups is 1. The summed E-state index contributed by atoms with van der Waals surface area (Å²) < 4.78 is 69.5. The smallest absolute Gasteiger partial charge is 0.406 e. The van der Waals surface area contributed by atoms with Gasteiger partial charge in [0.25, 0.3) is 0 Å². The molecule has 3 rings (SSSR count). The molecule has 0 spiro atoms. The molecule has 26 heavy (non-hydrogen) atoms. The number of aliphatic hydroxyl groups excluding tert-OH is 1. The summed E-state index contributed by atoms with van der Waals surface area (Å²) in [6, 6.07) is 6.70. The van der Waals surface area contributed by atoms with Crippen LogP contribution in [-0.4, -0.2) is 27.9 Å². The number of ether oxygens (including phenoxy) is 1. The van der Waals surface area contributed by atoms with Crippen molar-refractivity contribution in [1.29, 1.82) is 0 Å². The summed E-state index contributed by atoms with van der Waals surface area (Å²) in [5.74, 6) is -1.97. The molecule has 0 bridgehead atoms. The van der Waals surface area contributed by atoms with E-state index in [4.69, 9.17) is 5.11 Å². The maximum atomic E-state index is 13.9. The topological polar surface area (TPSA) is 47.3 Å². The second-order valence-electron chi connectivity index (χ2n) is 5.54. The van der Waals surface area contributed by atoms with Crippen molar-refractivity contribution in [2.45, 2.75) is 19.3 Å². The molecule has 0 atom stereocenters. The maximum absolute atomic E-state index is 13.9. The lowest BCUT2D eigenvalue weighted by atomic mass is 10.1. The Balaban J connectivity index is 2.05. The predicted molar refractivity (Wildman–Crippen MR) is 82.7 cm³/mol. The van der Waals surface area contributed by atoms with E-state index in [2.05, 4.69) is 9.84 Å². The Bertz CT molecular complexity index is 937. The number of hydrogen-bond donors (Lipinski definition) is 1. The molecule has 1 N–H and O–H groups in total. The normalized spacial score (nSPS) is 11.9. The van der Waals surface area contributed by atoms with Gasteiger partial charge in [-0.2, -0.15) is 5.10 Å². The SMILES string of the molecule is OCCc1nn(Cc2ccc(F)cc2F)c2cc(OC(F)(F)F)ccc12. The molecular weight excluding hydrogens is 359 g/mol. The Morgan fingerprint density at radius 1 is 1.08 bits per heavy atom. The number of benzene rings is 2. The number of alkyl halides is 3. The molecule has 0 saturated carbocycles. The van der Waals surface area contributed by atoms with Gasteiger partial charge in [-0.05, 0) is 18.2 Å². The van der Waals surface area contributed by atoms with E-state index >= 15 is 0 Å². The monoisotopic (exact) mass is 372 g/mol. The lowest BCUT2D eigenvalue weighted by molar-refractivity contribution is -0.274. The summed E-state index contributed by atoms with van der Waals surface area (Å²) in [6.45, 7) is -0.332. The first kappa shape index (κ1) is 18.1. The molecule has 0 unspecified atom stereocenters. The molecule has 0 aliphatic rings. The maximum Gasteiger partial charge on any atom is 0.573 e. The Morgan fingerprint density at radius 2 is 1.85 bits per heavy atom. The molecule has 1 aromatic heterocycles. The Labute approximate surface area is 144 Å². The summed E-state index contributed by atoms with van der Waals surface area (Å²) >= 11 is 0. The van der Waals surface area contributed by atoms with Gasteiger partial charge in [-0.3, -0.25) is 4.68 Å². The number of fused-ring (bicyclic) bond motifs is 1. The van der Waals surface area contributed by atoms with Crippen molar-refractivity contribution < 1.29 is 31.8 Å². The van der Waals surface area contributed by atoms with E-state index in [1.165, 1.54) is 16.8 Å². The van der Waals surface area contributed by atoms with Gasteiger partial charge in [0.1, 0.15) is 17.4 Å². The largest absolute Gasteiger partial charge is 0.573 e. The highest BCUT2D eigenvalue weighted by atomic mass is 19.4. The van der Waals surface area contributed by atoms with Crippen molar-refractivity contribution in [2.24, 2.45) is 0 Å². The second-order valence-corrected chi connectivity index (χ2v) is 5.54. The Hall–Kier alpha value is -2.68. The summed E-state index contributed by atoms with van der Waals surface area (Å²) in [6.07, 6.45) is -4.68. The highest BCUT2D eigenvalue weighted by Gasteiger charge is 2.31. The van der Waals surface area contributed by atoms with Crippen molar-refractivity contribution in [3.8, 4) is 5.75 Å². The zero-order valence-electron chi connectivity index (χ0n) is 13.2. The lowest BCUT2D eigenvalue weighted by Crippen LogP contribution is -2.17. The van der Waals surface area contributed by atoms with Crippen molar-refractivity contribution in [3.63, 3.8) is 0 Å². The quantitative estimate of drug-likeness (QED) is 0.693. The van der Waals surface area contributed by atoms with E-state index in [-0.39, 0.29) is 30.7 Å². The average molecular weight is 372 g/mol. The van der Waals surface area contributed by atoms with Crippen LogP contribution in [0.4, 0.5) is 22.0 Å². The molecular formula is C17H13F5N2O2. The van der Waals surface area contributed by atoms with Crippen LogP contribution in [0.15, 0.2) is 36.4 Å². The number of nitrogens with zero attached hydrogens (tertiary/aromatic N) is 2. The first-order valence-electron chi connectivity index (χ1n) is 7.57. The molecule has 2 aromatic carbocycles. The van der Waals surface area contributed by atoms with Gasteiger partial charge < -0.3 is 9.84 Å². The van der Waals surface area contributed by atoms with E-state index < -0.39 is 23.7 Å². The van der Waals surface area contributed by atoms with Crippen LogP contribution in [0.1, 0.15) is 11.3 Å². The fourth-order valence-corrected chi connectivity index (χ4v) is 2.64. The molecule has 4 nitrogen and oxygen atoms in total. The number of rotatable bonds is 5. The average Bonchev–Trinajstić information content (AvgIpc) is 2.86. The third-order valence-electron chi connectivity index (χ3n) is 3.72. The highest BCUT2D eigenvalue weighted by molar-refractivity contribution is 5.83. The van der Waals surface area contributed by atoms with Crippen LogP contribution < -0.4 is 4.74 Å². The van der Waals surface area contributed by atoms with E-state index in [9.17, 15) is 22.0 Å². The molecule has 0 radical (unpaired) electrons. The standard InChI is InChI=1S/C17H13F5N2O2/c18-11-2-1-10(14(19)7-11)9-24-16-8-12(26-17(20,21)22)3-4-13(16)15(23-24)5-6-25/h1-4,7-8,25H,5-6,9H2. The van der Waals surface area contributed by atoms with Gasteiger partial charge in [0.05, 0.1) is 17.8 Å². The summed E-state index contributed by atoms with van der Waals surface area (Å²) in [4.78, 5) is 0. The van der Waals surface area contributed by atoms with Crippen LogP contribution in [0, 0.1) is 11.6 Å². The molecule has 0 saturated heterocycles. The molecule has 3 aromatic rings. The van der Waals surface area contributed by atoms with E-state index in [0.717, 1.165) is 18.2 Å². The number of aromatic nitrogens is 2. The van der Waals surface area contributed by atoms with E-state index in [0.29, 0.717) is 17.1 Å². The van der Waals surface area contributed by atoms with Crippen LogP contribution >= 0.6 is 0 Å². The number of hydrogen-bond acceptors (Lipinski definition) is 3. The van der Waals surface area contributed by atoms with Gasteiger partial charge >= 0.3 is 6.36 Å². The zero-order chi connectivity index (χ0) is 18.9. The fraction of sp³-hybridized carbons (Fsp3) is 0.235. The Kier molecular flexibility index (Phi) is 4.82. The third-order valence-corrected chi connectivity index (χ3v) is 3.72. The van der Waals surface area contributed by atoms with Crippen molar-refractivity contribution >= 4 is 10.9 Å². The van der Waals surface area contributed by atoms with Gasteiger partial charge in [-0.1, -0.05) is 6.07 Å². The van der Waals surface area contributed by atoms with Gasteiger partial charge in [-0.25, -0.2) is 8.78 Å². The zero-order valence-corrected chi connectivity index (χ0v) is 13.2. The van der Waals surface area contributed by atoms with Crippen LogP contribution in [0.2, 0.25) is 0 Å². The minimum absolute atomic E-state index is 0.119. The van der Waals surface area contributed by atoms with Crippen molar-refractivity contribution in [3.05, 3.63) is 59.3 Å². The molecule has 9 heteroatoms. The first-order valence-corrected chi connectivity index (χ1v) is 7.57. The summed E-state index contributed by atoms with van der Waals surface area (Å²) in [5, 5.41) is 13.9. The van der Waals surface area contributed by atoms with E-state index in [1.807, 2.05) is 0 Å². The molecule has 138 valence electrons. The van der Waals surface area contributed by atoms with Gasteiger partial charge in [0, 0.05) is 36.1 Å². The molecule has 1 heterocycles.